The van der Waals surface area contributed by atoms with E-state index >= 15 is 0 Å². The quantitative estimate of drug-likeness (QED) is 0.252. The van der Waals surface area contributed by atoms with Crippen molar-refractivity contribution < 1.29 is 39.9 Å². The lowest BCUT2D eigenvalue weighted by Gasteiger charge is -2.22. The molecule has 0 bridgehead atoms. The zero-order valence-electron chi connectivity index (χ0n) is 21.4. The summed E-state index contributed by atoms with van der Waals surface area (Å²) < 4.78 is 87.6. The van der Waals surface area contributed by atoms with E-state index in [0.717, 1.165) is 0 Å². The van der Waals surface area contributed by atoms with E-state index < -0.39 is 68.0 Å². The monoisotopic (exact) mass is 596 g/mol. The van der Waals surface area contributed by atoms with Gasteiger partial charge < -0.3 is 15.2 Å². The number of sulfone groups is 1. The first-order valence-corrected chi connectivity index (χ1v) is 15.1. The molecule has 1 atom stereocenters. The lowest BCUT2D eigenvalue weighted by molar-refractivity contribution is 0.00696. The highest BCUT2D eigenvalue weighted by Gasteiger charge is 2.37. The predicted octanol–water partition coefficient (Wildman–Crippen LogP) is 5.18. The van der Waals surface area contributed by atoms with Gasteiger partial charge in [0, 0.05) is 17.7 Å². The molecule has 2 rings (SSSR count). The smallest absolute Gasteiger partial charge is 0.341 e. The number of benzene rings is 2. The maximum Gasteiger partial charge on any atom is 0.341 e. The summed E-state index contributed by atoms with van der Waals surface area (Å²) in [5.74, 6) is -1.29. The number of hydrogen-bond acceptors (Lipinski definition) is 8. The summed E-state index contributed by atoms with van der Waals surface area (Å²) in [4.78, 5) is 12.7. The number of carbonyl (C=O) groups is 1. The van der Waals surface area contributed by atoms with Gasteiger partial charge in [0.15, 0.2) is 14.4 Å². The van der Waals surface area contributed by atoms with Crippen molar-refractivity contribution in [3.8, 4) is 11.5 Å². The lowest BCUT2D eigenvalue weighted by Crippen LogP contribution is -2.37. The standard InChI is InChI=1S/C24H31ClF2N2O7S2/c1-15-18(10-9-16(28)21(15)23(30)36-24(2,3)4)35-19-8-5-7-17(22(19)25)29-38(33,34)20(11-13-27)37(31,32)14-6-12-26/h5,7-10,20,29H,6,11-14,28H2,1-4H3. The van der Waals surface area contributed by atoms with Gasteiger partial charge in [0.1, 0.15) is 22.1 Å². The first-order valence-electron chi connectivity index (χ1n) is 11.5. The maximum atomic E-state index is 13.1. The van der Waals surface area contributed by atoms with Gasteiger partial charge in [-0.15, -0.1) is 0 Å². The lowest BCUT2D eigenvalue weighted by atomic mass is 10.0. The van der Waals surface area contributed by atoms with Gasteiger partial charge in [-0.2, -0.15) is 0 Å². The molecule has 14 heteroatoms. The minimum absolute atomic E-state index is 0.0304. The van der Waals surface area contributed by atoms with Gasteiger partial charge in [0.25, 0.3) is 0 Å². The molecular weight excluding hydrogens is 566 g/mol. The molecule has 1 unspecified atom stereocenters. The number of ether oxygens (including phenoxy) is 2. The molecule has 0 aromatic heterocycles. The molecule has 9 nitrogen and oxygen atoms in total. The fourth-order valence-corrected chi connectivity index (χ4v) is 7.91. The Balaban J connectivity index is 2.42. The zero-order valence-corrected chi connectivity index (χ0v) is 23.8. The van der Waals surface area contributed by atoms with Crippen molar-refractivity contribution in [1.82, 2.24) is 0 Å². The summed E-state index contributed by atoms with van der Waals surface area (Å²) in [5, 5.41) is -0.230. The highest BCUT2D eigenvalue weighted by atomic mass is 35.5. The van der Waals surface area contributed by atoms with Crippen molar-refractivity contribution in [2.45, 2.75) is 50.7 Å². The van der Waals surface area contributed by atoms with Gasteiger partial charge in [-0.3, -0.25) is 13.5 Å². The number of carbonyl (C=O) groups excluding carboxylic acids is 1. The minimum Gasteiger partial charge on any atom is -0.456 e. The van der Waals surface area contributed by atoms with Crippen LogP contribution in [0.25, 0.3) is 0 Å². The van der Waals surface area contributed by atoms with E-state index in [-0.39, 0.29) is 33.5 Å². The van der Waals surface area contributed by atoms with Crippen molar-refractivity contribution in [1.29, 1.82) is 0 Å². The number of halogens is 3. The van der Waals surface area contributed by atoms with Gasteiger partial charge in [-0.1, -0.05) is 17.7 Å². The van der Waals surface area contributed by atoms with E-state index in [1.54, 1.807) is 27.7 Å². The van der Waals surface area contributed by atoms with Gasteiger partial charge in [0.2, 0.25) is 10.0 Å². The van der Waals surface area contributed by atoms with Crippen LogP contribution in [0.3, 0.4) is 0 Å². The van der Waals surface area contributed by atoms with E-state index in [9.17, 15) is 30.4 Å². The molecule has 0 heterocycles. The van der Waals surface area contributed by atoms with Crippen molar-refractivity contribution in [3.63, 3.8) is 0 Å². The van der Waals surface area contributed by atoms with Crippen molar-refractivity contribution >= 4 is 48.8 Å². The van der Waals surface area contributed by atoms with E-state index in [0.29, 0.717) is 5.56 Å². The Hall–Kier alpha value is -2.64. The van der Waals surface area contributed by atoms with Crippen LogP contribution in [-0.4, -0.2) is 52.1 Å². The van der Waals surface area contributed by atoms with Crippen molar-refractivity contribution in [3.05, 3.63) is 46.5 Å². The molecule has 0 spiro atoms. The van der Waals surface area contributed by atoms with Crippen LogP contribution in [-0.2, 0) is 24.6 Å². The van der Waals surface area contributed by atoms with Crippen LogP contribution in [0, 0.1) is 6.92 Å². The molecule has 38 heavy (non-hydrogen) atoms. The number of hydrogen-bond donors (Lipinski definition) is 2. The molecule has 0 amide bonds. The molecular formula is C24H31ClF2N2O7S2. The van der Waals surface area contributed by atoms with Gasteiger partial charge in [-0.05, 0) is 58.4 Å². The summed E-state index contributed by atoms with van der Waals surface area (Å²) >= 11 is 6.38. The maximum absolute atomic E-state index is 13.1. The van der Waals surface area contributed by atoms with E-state index in [2.05, 4.69) is 4.72 Å². The second-order valence-corrected chi connectivity index (χ2v) is 14.2. The molecule has 212 valence electrons. The van der Waals surface area contributed by atoms with Crippen LogP contribution in [0.5, 0.6) is 11.5 Å². The highest BCUT2D eigenvalue weighted by molar-refractivity contribution is 8.09. The van der Waals surface area contributed by atoms with Gasteiger partial charge in [-0.25, -0.2) is 21.6 Å². The average Bonchev–Trinajstić information content (AvgIpc) is 2.79. The van der Waals surface area contributed by atoms with E-state index in [4.69, 9.17) is 26.8 Å². The molecule has 0 saturated carbocycles. The number of alkyl halides is 2. The van der Waals surface area contributed by atoms with Crippen molar-refractivity contribution in [2.24, 2.45) is 0 Å². The number of anilines is 2. The fourth-order valence-electron chi connectivity index (χ4n) is 3.43. The predicted molar refractivity (Wildman–Crippen MR) is 144 cm³/mol. The number of nitrogen functional groups attached to an aromatic ring is 1. The molecule has 0 aliphatic carbocycles. The fraction of sp³-hybridized carbons (Fsp3) is 0.458. The minimum atomic E-state index is -4.71. The number of nitrogens with two attached hydrogens (primary N) is 1. The molecule has 0 radical (unpaired) electrons. The van der Waals surface area contributed by atoms with Crippen molar-refractivity contribution in [2.75, 3.05) is 29.6 Å². The average molecular weight is 597 g/mol. The van der Waals surface area contributed by atoms with Crippen LogP contribution >= 0.6 is 11.6 Å². The summed E-state index contributed by atoms with van der Waals surface area (Å²) in [6.45, 7) is 4.48. The molecule has 0 fully saturated rings. The number of esters is 1. The Morgan fingerprint density at radius 3 is 2.32 bits per heavy atom. The third-order valence-electron chi connectivity index (χ3n) is 5.14. The largest absolute Gasteiger partial charge is 0.456 e. The molecule has 0 aliphatic rings. The first-order chi connectivity index (χ1) is 17.5. The third-order valence-corrected chi connectivity index (χ3v) is 10.5. The summed E-state index contributed by atoms with van der Waals surface area (Å²) in [6, 6.07) is 6.99. The zero-order chi connectivity index (χ0) is 28.9. The Morgan fingerprint density at radius 2 is 1.74 bits per heavy atom. The topological polar surface area (TPSA) is 142 Å². The van der Waals surface area contributed by atoms with Gasteiger partial charge in [0.05, 0.1) is 30.4 Å². The third kappa shape index (κ3) is 7.93. The summed E-state index contributed by atoms with van der Waals surface area (Å²) in [5.41, 5.74) is 5.56. The Bertz CT molecular complexity index is 1380. The molecule has 2 aromatic carbocycles. The summed E-state index contributed by atoms with van der Waals surface area (Å²) in [6.07, 6.45) is -1.26. The van der Waals surface area contributed by atoms with Gasteiger partial charge >= 0.3 is 5.97 Å². The second-order valence-electron chi connectivity index (χ2n) is 9.34. The van der Waals surface area contributed by atoms with Crippen LogP contribution in [0.2, 0.25) is 5.02 Å². The van der Waals surface area contributed by atoms with Crippen LogP contribution in [0.15, 0.2) is 30.3 Å². The first kappa shape index (κ1) is 31.6. The Morgan fingerprint density at radius 1 is 1.08 bits per heavy atom. The molecule has 0 aliphatic heterocycles. The van der Waals surface area contributed by atoms with Crippen LogP contribution in [0.4, 0.5) is 20.2 Å². The van der Waals surface area contributed by atoms with Crippen LogP contribution in [0.1, 0.15) is 49.5 Å². The molecule has 0 saturated heterocycles. The molecule has 3 N–H and O–H groups in total. The Kier molecular flexibility index (Phi) is 10.4. The normalized spacial score (nSPS) is 13.1. The second kappa shape index (κ2) is 12.5. The highest BCUT2D eigenvalue weighted by Crippen LogP contribution is 2.38. The SMILES string of the molecule is Cc1c(Oc2cccc(NS(=O)(=O)C(CCF)S(=O)(=O)CCCF)c2Cl)ccc(N)c1C(=O)OC(C)(C)C. The summed E-state index contributed by atoms with van der Waals surface area (Å²) in [7, 11) is -9.10. The number of nitrogens with one attached hydrogen (secondary N) is 1. The Labute approximate surface area is 226 Å². The number of sulfonamides is 1. The van der Waals surface area contributed by atoms with E-state index in [1.165, 1.54) is 30.3 Å². The van der Waals surface area contributed by atoms with E-state index in [1.807, 2.05) is 0 Å². The number of rotatable bonds is 12. The molecule has 2 aromatic rings. The van der Waals surface area contributed by atoms with Crippen LogP contribution < -0.4 is 15.2 Å².